The van der Waals surface area contributed by atoms with Gasteiger partial charge in [-0.3, -0.25) is 0 Å². The van der Waals surface area contributed by atoms with E-state index in [0.29, 0.717) is 0 Å². The lowest BCUT2D eigenvalue weighted by atomic mass is 10.4. The molecule has 4 nitrogen and oxygen atoms in total. The fraction of sp³-hybridized carbons (Fsp3) is 0.429. The van der Waals surface area contributed by atoms with Crippen molar-refractivity contribution in [2.75, 3.05) is 0 Å². The standard InChI is InChI=1S/C7H10N2O2/c1-3-6-8-4-5(7(10)11)9(6)2/h4H,3H2,1-2H3,(H,10,11). The van der Waals surface area contributed by atoms with Crippen molar-refractivity contribution in [3.63, 3.8) is 0 Å². The van der Waals surface area contributed by atoms with Gasteiger partial charge in [0.1, 0.15) is 11.5 Å². The molecule has 0 unspecified atom stereocenters. The number of hydrogen-bond acceptors (Lipinski definition) is 2. The summed E-state index contributed by atoms with van der Waals surface area (Å²) in [6.07, 6.45) is 2.13. The van der Waals surface area contributed by atoms with Crippen molar-refractivity contribution in [2.24, 2.45) is 7.05 Å². The molecule has 0 amide bonds. The number of aromatic carboxylic acids is 1. The van der Waals surface area contributed by atoms with Gasteiger partial charge >= 0.3 is 5.97 Å². The molecule has 0 aliphatic carbocycles. The molecule has 11 heavy (non-hydrogen) atoms. The van der Waals surface area contributed by atoms with Gasteiger partial charge in [-0.2, -0.15) is 0 Å². The second kappa shape index (κ2) is 2.74. The summed E-state index contributed by atoms with van der Waals surface area (Å²) in [4.78, 5) is 14.4. The van der Waals surface area contributed by atoms with E-state index >= 15 is 0 Å². The number of carbonyl (C=O) groups is 1. The zero-order valence-corrected chi connectivity index (χ0v) is 6.53. The van der Waals surface area contributed by atoms with Gasteiger partial charge in [-0.15, -0.1) is 0 Å². The highest BCUT2D eigenvalue weighted by Crippen LogP contribution is 2.02. The molecule has 60 valence electrons. The van der Waals surface area contributed by atoms with E-state index in [0.717, 1.165) is 12.2 Å². The highest BCUT2D eigenvalue weighted by atomic mass is 16.4. The first kappa shape index (κ1) is 7.78. The summed E-state index contributed by atoms with van der Waals surface area (Å²) in [6, 6.07) is 0. The van der Waals surface area contributed by atoms with Crippen LogP contribution in [-0.2, 0) is 13.5 Å². The first-order chi connectivity index (χ1) is 5.16. The van der Waals surface area contributed by atoms with E-state index in [1.165, 1.54) is 6.20 Å². The van der Waals surface area contributed by atoms with Crippen molar-refractivity contribution in [2.45, 2.75) is 13.3 Å². The molecular formula is C7H10N2O2. The Morgan fingerprint density at radius 3 is 2.73 bits per heavy atom. The summed E-state index contributed by atoms with van der Waals surface area (Å²) >= 11 is 0. The third-order valence-electron chi connectivity index (χ3n) is 1.62. The number of rotatable bonds is 2. The molecule has 0 saturated heterocycles. The summed E-state index contributed by atoms with van der Waals surface area (Å²) in [5.74, 6) is -0.137. The summed E-state index contributed by atoms with van der Waals surface area (Å²) < 4.78 is 1.59. The Morgan fingerprint density at radius 1 is 1.82 bits per heavy atom. The normalized spacial score (nSPS) is 10.0. The Labute approximate surface area is 64.5 Å². The van der Waals surface area contributed by atoms with E-state index in [4.69, 9.17) is 5.11 Å². The maximum atomic E-state index is 10.5. The number of carboxylic acid groups (broad SMARTS) is 1. The predicted molar refractivity (Wildman–Crippen MR) is 39.5 cm³/mol. The minimum Gasteiger partial charge on any atom is -0.477 e. The average Bonchev–Trinajstić information content (AvgIpc) is 2.30. The Bertz CT molecular complexity index is 278. The van der Waals surface area contributed by atoms with Gasteiger partial charge in [-0.1, -0.05) is 6.92 Å². The lowest BCUT2D eigenvalue weighted by Crippen LogP contribution is -2.06. The third kappa shape index (κ3) is 1.24. The summed E-state index contributed by atoms with van der Waals surface area (Å²) in [5, 5.41) is 8.61. The number of aryl methyl sites for hydroxylation is 1. The van der Waals surface area contributed by atoms with Crippen molar-refractivity contribution < 1.29 is 9.90 Å². The fourth-order valence-electron chi connectivity index (χ4n) is 0.975. The van der Waals surface area contributed by atoms with E-state index in [2.05, 4.69) is 4.98 Å². The minimum atomic E-state index is -0.931. The minimum absolute atomic E-state index is 0.238. The summed E-state index contributed by atoms with van der Waals surface area (Å²) in [6.45, 7) is 1.94. The monoisotopic (exact) mass is 154 g/mol. The summed E-state index contributed by atoms with van der Waals surface area (Å²) in [7, 11) is 1.70. The van der Waals surface area contributed by atoms with Crippen molar-refractivity contribution in [1.29, 1.82) is 0 Å². The SMILES string of the molecule is CCc1ncc(C(=O)O)n1C. The van der Waals surface area contributed by atoms with Crippen LogP contribution in [0, 0.1) is 0 Å². The highest BCUT2D eigenvalue weighted by Gasteiger charge is 2.10. The molecule has 0 bridgehead atoms. The maximum absolute atomic E-state index is 10.5. The highest BCUT2D eigenvalue weighted by molar-refractivity contribution is 5.85. The Morgan fingerprint density at radius 2 is 2.45 bits per heavy atom. The third-order valence-corrected chi connectivity index (χ3v) is 1.62. The number of imidazole rings is 1. The Balaban J connectivity index is 3.10. The van der Waals surface area contributed by atoms with Crippen LogP contribution in [0.3, 0.4) is 0 Å². The van der Waals surface area contributed by atoms with Crippen LogP contribution in [0.25, 0.3) is 0 Å². The zero-order valence-electron chi connectivity index (χ0n) is 6.53. The van der Waals surface area contributed by atoms with Crippen LogP contribution in [0.4, 0.5) is 0 Å². The van der Waals surface area contributed by atoms with Crippen molar-refractivity contribution in [3.8, 4) is 0 Å². The van der Waals surface area contributed by atoms with E-state index in [9.17, 15) is 4.79 Å². The number of nitrogens with zero attached hydrogens (tertiary/aromatic N) is 2. The molecule has 0 fully saturated rings. The van der Waals surface area contributed by atoms with Crippen LogP contribution in [0.15, 0.2) is 6.20 Å². The van der Waals surface area contributed by atoms with Gasteiger partial charge in [0, 0.05) is 13.5 Å². The number of hydrogen-bond donors (Lipinski definition) is 1. The van der Waals surface area contributed by atoms with Crippen molar-refractivity contribution in [3.05, 3.63) is 17.7 Å². The van der Waals surface area contributed by atoms with E-state index in [-0.39, 0.29) is 5.69 Å². The largest absolute Gasteiger partial charge is 0.477 e. The van der Waals surface area contributed by atoms with Crippen molar-refractivity contribution in [1.82, 2.24) is 9.55 Å². The van der Waals surface area contributed by atoms with Gasteiger partial charge < -0.3 is 9.67 Å². The van der Waals surface area contributed by atoms with E-state index < -0.39 is 5.97 Å². The van der Waals surface area contributed by atoms with Gasteiger partial charge in [0.25, 0.3) is 0 Å². The van der Waals surface area contributed by atoms with Crippen LogP contribution >= 0.6 is 0 Å². The molecule has 1 rings (SSSR count). The predicted octanol–water partition coefficient (Wildman–Crippen LogP) is 0.681. The van der Waals surface area contributed by atoms with E-state index in [1.807, 2.05) is 6.92 Å². The molecule has 1 N–H and O–H groups in total. The van der Waals surface area contributed by atoms with Crippen LogP contribution in [-0.4, -0.2) is 20.6 Å². The van der Waals surface area contributed by atoms with Crippen LogP contribution in [0.5, 0.6) is 0 Å². The topological polar surface area (TPSA) is 55.1 Å². The quantitative estimate of drug-likeness (QED) is 0.681. The Kier molecular flexibility index (Phi) is 1.94. The van der Waals surface area contributed by atoms with Gasteiger partial charge in [-0.05, 0) is 0 Å². The van der Waals surface area contributed by atoms with Gasteiger partial charge in [-0.25, -0.2) is 9.78 Å². The molecule has 0 aliphatic rings. The van der Waals surface area contributed by atoms with Gasteiger partial charge in [0.05, 0.1) is 6.20 Å². The molecule has 1 aromatic heterocycles. The molecular weight excluding hydrogens is 144 g/mol. The molecule has 0 aliphatic heterocycles. The molecule has 0 radical (unpaired) electrons. The Hall–Kier alpha value is -1.32. The first-order valence-corrected chi connectivity index (χ1v) is 3.40. The molecule has 0 saturated carbocycles. The van der Waals surface area contributed by atoms with Crippen LogP contribution < -0.4 is 0 Å². The zero-order chi connectivity index (χ0) is 8.43. The average molecular weight is 154 g/mol. The molecule has 4 heteroatoms. The first-order valence-electron chi connectivity index (χ1n) is 3.40. The summed E-state index contributed by atoms with van der Waals surface area (Å²) in [5.41, 5.74) is 0.238. The molecule has 1 heterocycles. The molecule has 1 aromatic rings. The van der Waals surface area contributed by atoms with Crippen molar-refractivity contribution >= 4 is 5.97 Å². The van der Waals surface area contributed by atoms with Crippen LogP contribution in [0.2, 0.25) is 0 Å². The lowest BCUT2D eigenvalue weighted by molar-refractivity contribution is 0.0686. The second-order valence-electron chi connectivity index (χ2n) is 2.28. The molecule has 0 atom stereocenters. The van der Waals surface area contributed by atoms with Crippen LogP contribution in [0.1, 0.15) is 23.2 Å². The maximum Gasteiger partial charge on any atom is 0.354 e. The molecule has 0 spiro atoms. The second-order valence-corrected chi connectivity index (χ2v) is 2.28. The van der Waals surface area contributed by atoms with Gasteiger partial charge in [0.2, 0.25) is 0 Å². The number of carboxylic acids is 1. The molecule has 0 aromatic carbocycles. The lowest BCUT2D eigenvalue weighted by Gasteiger charge is -1.98. The van der Waals surface area contributed by atoms with Gasteiger partial charge in [0.15, 0.2) is 0 Å². The smallest absolute Gasteiger partial charge is 0.354 e. The fourth-order valence-corrected chi connectivity index (χ4v) is 0.975. The number of aromatic nitrogens is 2. The van der Waals surface area contributed by atoms with E-state index in [1.54, 1.807) is 11.6 Å².